The molecule has 0 bridgehead atoms. The first-order valence-corrected chi connectivity index (χ1v) is 9.47. The molecule has 1 heterocycles. The van der Waals surface area contributed by atoms with Crippen molar-refractivity contribution in [2.75, 3.05) is 23.4 Å². The van der Waals surface area contributed by atoms with E-state index in [-0.39, 0.29) is 17.6 Å². The largest absolute Gasteiger partial charge is 0.494 e. The summed E-state index contributed by atoms with van der Waals surface area (Å²) in [5.41, 5.74) is 2.05. The Hall–Kier alpha value is -3.15. The van der Waals surface area contributed by atoms with Gasteiger partial charge in [0.25, 0.3) is 0 Å². The quantitative estimate of drug-likeness (QED) is 0.558. The molecule has 3 rings (SSSR count). The molecule has 2 amide bonds. The molecule has 2 aromatic rings. The van der Waals surface area contributed by atoms with Crippen molar-refractivity contribution in [3.8, 4) is 5.75 Å². The summed E-state index contributed by atoms with van der Waals surface area (Å²) in [6.45, 7) is 2.60. The van der Waals surface area contributed by atoms with E-state index in [0.717, 1.165) is 12.1 Å². The highest BCUT2D eigenvalue weighted by molar-refractivity contribution is 6.02. The molecule has 0 atom stereocenters. The fourth-order valence-electron chi connectivity index (χ4n) is 3.14. The van der Waals surface area contributed by atoms with Crippen LogP contribution in [0.1, 0.15) is 43.0 Å². The molecule has 28 heavy (non-hydrogen) atoms. The minimum absolute atomic E-state index is 0.0131. The first-order valence-electron chi connectivity index (χ1n) is 9.47. The van der Waals surface area contributed by atoms with E-state index in [1.54, 1.807) is 29.2 Å². The van der Waals surface area contributed by atoms with Gasteiger partial charge in [-0.1, -0.05) is 12.1 Å². The Labute approximate surface area is 164 Å². The van der Waals surface area contributed by atoms with E-state index in [4.69, 9.17) is 4.74 Å². The van der Waals surface area contributed by atoms with Crippen molar-refractivity contribution in [1.82, 2.24) is 0 Å². The predicted octanol–water partition coefficient (Wildman–Crippen LogP) is 3.81. The standard InChI is InChI=1S/C22H24N2O4/c1-16(25)17-10-12-18(13-11-17)28-15-5-8-21(26)23-19-6-2-3-7-20(19)24-14-4-9-22(24)27/h2-3,6-7,10-13H,4-5,8-9,14-15H2,1H3,(H,23,26). The Kier molecular flexibility index (Phi) is 6.42. The van der Waals surface area contributed by atoms with Gasteiger partial charge in [-0.05, 0) is 56.2 Å². The number of hydrogen-bond acceptors (Lipinski definition) is 4. The van der Waals surface area contributed by atoms with Gasteiger partial charge in [0.1, 0.15) is 5.75 Å². The summed E-state index contributed by atoms with van der Waals surface area (Å²) in [6, 6.07) is 14.3. The Morgan fingerprint density at radius 1 is 1.11 bits per heavy atom. The number of carbonyl (C=O) groups excluding carboxylic acids is 3. The van der Waals surface area contributed by atoms with Crippen molar-refractivity contribution in [1.29, 1.82) is 0 Å². The van der Waals surface area contributed by atoms with Gasteiger partial charge in [0.05, 0.1) is 18.0 Å². The van der Waals surface area contributed by atoms with Crippen LogP contribution in [0, 0.1) is 0 Å². The van der Waals surface area contributed by atoms with Gasteiger partial charge in [-0.3, -0.25) is 14.4 Å². The van der Waals surface area contributed by atoms with Crippen molar-refractivity contribution >= 4 is 29.0 Å². The van der Waals surface area contributed by atoms with Crippen LogP contribution in [0.3, 0.4) is 0 Å². The Balaban J connectivity index is 1.47. The van der Waals surface area contributed by atoms with E-state index in [1.807, 2.05) is 24.3 Å². The number of para-hydroxylation sites is 2. The van der Waals surface area contributed by atoms with Crippen molar-refractivity contribution in [3.63, 3.8) is 0 Å². The Morgan fingerprint density at radius 3 is 2.54 bits per heavy atom. The van der Waals surface area contributed by atoms with Gasteiger partial charge in [0, 0.05) is 24.9 Å². The highest BCUT2D eigenvalue weighted by Crippen LogP contribution is 2.29. The fourth-order valence-corrected chi connectivity index (χ4v) is 3.14. The van der Waals surface area contributed by atoms with Gasteiger partial charge in [-0.2, -0.15) is 0 Å². The molecule has 0 aromatic heterocycles. The number of benzene rings is 2. The molecule has 1 N–H and O–H groups in total. The first kappa shape index (κ1) is 19.6. The molecule has 1 aliphatic rings. The van der Waals surface area contributed by atoms with Gasteiger partial charge >= 0.3 is 0 Å². The Morgan fingerprint density at radius 2 is 1.86 bits per heavy atom. The van der Waals surface area contributed by atoms with Crippen LogP contribution < -0.4 is 15.0 Å². The predicted molar refractivity (Wildman–Crippen MR) is 108 cm³/mol. The van der Waals surface area contributed by atoms with E-state index >= 15 is 0 Å². The number of nitrogens with zero attached hydrogens (tertiary/aromatic N) is 1. The van der Waals surface area contributed by atoms with Crippen LogP contribution in [-0.2, 0) is 9.59 Å². The average Bonchev–Trinajstić information content (AvgIpc) is 3.12. The molecule has 1 fully saturated rings. The SMILES string of the molecule is CC(=O)c1ccc(OCCCC(=O)Nc2ccccc2N2CCCC2=O)cc1. The summed E-state index contributed by atoms with van der Waals surface area (Å²) in [5.74, 6) is 0.656. The maximum absolute atomic E-state index is 12.3. The zero-order chi connectivity index (χ0) is 19.9. The second-order valence-corrected chi connectivity index (χ2v) is 6.75. The van der Waals surface area contributed by atoms with Crippen LogP contribution >= 0.6 is 0 Å². The monoisotopic (exact) mass is 380 g/mol. The molecule has 0 unspecified atom stereocenters. The van der Waals surface area contributed by atoms with Crippen LogP contribution in [0.4, 0.5) is 11.4 Å². The fraction of sp³-hybridized carbons (Fsp3) is 0.318. The normalized spacial score (nSPS) is 13.5. The van der Waals surface area contributed by atoms with E-state index in [9.17, 15) is 14.4 Å². The van der Waals surface area contributed by atoms with Crippen molar-refractivity contribution < 1.29 is 19.1 Å². The molecule has 2 aromatic carbocycles. The minimum atomic E-state index is -0.116. The lowest BCUT2D eigenvalue weighted by Gasteiger charge is -2.20. The molecule has 1 saturated heterocycles. The number of carbonyl (C=O) groups is 3. The average molecular weight is 380 g/mol. The second-order valence-electron chi connectivity index (χ2n) is 6.75. The number of ketones is 1. The van der Waals surface area contributed by atoms with Crippen molar-refractivity contribution in [3.05, 3.63) is 54.1 Å². The van der Waals surface area contributed by atoms with E-state index in [0.29, 0.717) is 49.4 Å². The van der Waals surface area contributed by atoms with Gasteiger partial charge in [0.15, 0.2) is 5.78 Å². The van der Waals surface area contributed by atoms with Crippen molar-refractivity contribution in [2.45, 2.75) is 32.6 Å². The van der Waals surface area contributed by atoms with E-state index < -0.39 is 0 Å². The zero-order valence-corrected chi connectivity index (χ0v) is 15.9. The molecular formula is C22H24N2O4. The number of hydrogen-bond donors (Lipinski definition) is 1. The van der Waals surface area contributed by atoms with Crippen LogP contribution in [-0.4, -0.2) is 30.7 Å². The molecule has 0 spiro atoms. The molecule has 0 saturated carbocycles. The van der Waals surface area contributed by atoms with Gasteiger partial charge in [-0.15, -0.1) is 0 Å². The maximum atomic E-state index is 12.3. The number of amides is 2. The number of Topliss-reactive ketones (excluding diaryl/α,β-unsaturated/α-hetero) is 1. The molecule has 6 nitrogen and oxygen atoms in total. The lowest BCUT2D eigenvalue weighted by atomic mass is 10.1. The summed E-state index contributed by atoms with van der Waals surface area (Å²) in [5, 5.41) is 2.90. The number of rotatable bonds is 8. The van der Waals surface area contributed by atoms with Gasteiger partial charge < -0.3 is 15.0 Å². The van der Waals surface area contributed by atoms with Gasteiger partial charge in [-0.25, -0.2) is 0 Å². The number of anilines is 2. The highest BCUT2D eigenvalue weighted by Gasteiger charge is 2.24. The van der Waals surface area contributed by atoms with E-state index in [1.165, 1.54) is 6.92 Å². The summed E-state index contributed by atoms with van der Waals surface area (Å²) in [7, 11) is 0. The van der Waals surface area contributed by atoms with Crippen LogP contribution in [0.5, 0.6) is 5.75 Å². The topological polar surface area (TPSA) is 75.7 Å². The third-order valence-corrected chi connectivity index (χ3v) is 4.62. The lowest BCUT2D eigenvalue weighted by molar-refractivity contribution is -0.117. The maximum Gasteiger partial charge on any atom is 0.227 e. The molecule has 1 aliphatic heterocycles. The molecule has 0 aliphatic carbocycles. The van der Waals surface area contributed by atoms with Crippen LogP contribution in [0.2, 0.25) is 0 Å². The smallest absolute Gasteiger partial charge is 0.227 e. The van der Waals surface area contributed by atoms with Crippen molar-refractivity contribution in [2.24, 2.45) is 0 Å². The number of nitrogens with one attached hydrogen (secondary N) is 1. The number of ether oxygens (including phenoxy) is 1. The molecule has 146 valence electrons. The van der Waals surface area contributed by atoms with E-state index in [2.05, 4.69) is 5.32 Å². The van der Waals surface area contributed by atoms with Crippen LogP contribution in [0.25, 0.3) is 0 Å². The summed E-state index contributed by atoms with van der Waals surface area (Å²) >= 11 is 0. The molecular weight excluding hydrogens is 356 g/mol. The summed E-state index contributed by atoms with van der Waals surface area (Å²) in [4.78, 5) is 37.3. The van der Waals surface area contributed by atoms with Gasteiger partial charge in [0.2, 0.25) is 11.8 Å². The third kappa shape index (κ3) is 4.97. The van der Waals surface area contributed by atoms with Crippen LogP contribution in [0.15, 0.2) is 48.5 Å². The third-order valence-electron chi connectivity index (χ3n) is 4.62. The molecule has 0 radical (unpaired) electrons. The molecule has 6 heteroatoms. The lowest BCUT2D eigenvalue weighted by Crippen LogP contribution is -2.25. The summed E-state index contributed by atoms with van der Waals surface area (Å²) < 4.78 is 5.62. The second kappa shape index (κ2) is 9.17. The zero-order valence-electron chi connectivity index (χ0n) is 15.9. The minimum Gasteiger partial charge on any atom is -0.494 e. The highest BCUT2D eigenvalue weighted by atomic mass is 16.5. The summed E-state index contributed by atoms with van der Waals surface area (Å²) in [6.07, 6.45) is 2.26. The Bertz CT molecular complexity index is 861. The first-order chi connectivity index (χ1) is 13.5.